The second kappa shape index (κ2) is 5.48. The van der Waals surface area contributed by atoms with Crippen LogP contribution in [0, 0.1) is 6.92 Å². The Kier molecular flexibility index (Phi) is 3.82. The molecule has 0 aliphatic carbocycles. The Labute approximate surface area is 140 Å². The molecule has 0 atom stereocenters. The number of rotatable bonds is 2. The number of aryl methyl sites for hydroxylation is 1. The van der Waals surface area contributed by atoms with Crippen LogP contribution >= 0.6 is 39.1 Å². The molecule has 5 heteroatoms. The minimum absolute atomic E-state index is 0.135. The summed E-state index contributed by atoms with van der Waals surface area (Å²) >= 11 is 15.7. The molecule has 3 aromatic rings. The van der Waals surface area contributed by atoms with E-state index in [0.717, 1.165) is 21.1 Å². The molecule has 0 spiro atoms. The van der Waals surface area contributed by atoms with Gasteiger partial charge in [0.1, 0.15) is 0 Å². The van der Waals surface area contributed by atoms with Crippen LogP contribution in [0.4, 0.5) is 0 Å². The van der Waals surface area contributed by atoms with E-state index in [4.69, 9.17) is 23.2 Å². The zero-order valence-corrected chi connectivity index (χ0v) is 14.1. The Morgan fingerprint density at radius 3 is 2.62 bits per heavy atom. The molecule has 0 aliphatic rings. The minimum atomic E-state index is -0.135. The van der Waals surface area contributed by atoms with Gasteiger partial charge < -0.3 is 4.98 Å². The predicted molar refractivity (Wildman–Crippen MR) is 90.6 cm³/mol. The molecule has 0 saturated carbocycles. The lowest BCUT2D eigenvalue weighted by atomic mass is 10.0. The van der Waals surface area contributed by atoms with Crippen molar-refractivity contribution < 1.29 is 4.79 Å². The van der Waals surface area contributed by atoms with Gasteiger partial charge in [0.25, 0.3) is 0 Å². The van der Waals surface area contributed by atoms with Crippen molar-refractivity contribution in [3.05, 3.63) is 67.7 Å². The summed E-state index contributed by atoms with van der Waals surface area (Å²) in [6.07, 6.45) is 0. The molecule has 3 rings (SSSR count). The smallest absolute Gasteiger partial charge is 0.197 e. The number of fused-ring (bicyclic) bond motifs is 1. The number of aromatic nitrogens is 1. The quantitative estimate of drug-likeness (QED) is 0.560. The van der Waals surface area contributed by atoms with Crippen molar-refractivity contribution in [1.29, 1.82) is 0 Å². The fourth-order valence-electron chi connectivity index (χ4n) is 2.42. The first-order valence-corrected chi connectivity index (χ1v) is 7.81. The van der Waals surface area contributed by atoms with E-state index in [9.17, 15) is 4.79 Å². The van der Waals surface area contributed by atoms with Crippen molar-refractivity contribution in [3.63, 3.8) is 0 Å². The van der Waals surface area contributed by atoms with Gasteiger partial charge in [0.2, 0.25) is 0 Å². The third-order valence-corrected chi connectivity index (χ3v) is 4.87. The number of hydrogen-bond acceptors (Lipinski definition) is 1. The van der Waals surface area contributed by atoms with E-state index >= 15 is 0 Å². The number of ketones is 1. The van der Waals surface area contributed by atoms with Crippen molar-refractivity contribution in [2.24, 2.45) is 0 Å². The number of aromatic amines is 1. The van der Waals surface area contributed by atoms with Gasteiger partial charge in [-0.3, -0.25) is 4.79 Å². The van der Waals surface area contributed by atoms with Crippen LogP contribution in [0.15, 0.2) is 40.9 Å². The molecule has 0 unspecified atom stereocenters. The Bertz CT molecular complexity index is 870. The topological polar surface area (TPSA) is 32.9 Å². The van der Waals surface area contributed by atoms with Gasteiger partial charge in [-0.05, 0) is 41.1 Å². The maximum atomic E-state index is 12.8. The summed E-state index contributed by atoms with van der Waals surface area (Å²) in [5.41, 5.74) is 2.73. The average Bonchev–Trinajstić information content (AvgIpc) is 2.79. The van der Waals surface area contributed by atoms with Crippen LogP contribution in [-0.2, 0) is 0 Å². The highest BCUT2D eigenvalue weighted by Crippen LogP contribution is 2.33. The van der Waals surface area contributed by atoms with E-state index < -0.39 is 0 Å². The molecule has 1 aromatic heterocycles. The molecule has 0 amide bonds. The second-order valence-electron chi connectivity index (χ2n) is 4.72. The first kappa shape index (κ1) is 14.6. The molecular weight excluding hydrogens is 373 g/mol. The monoisotopic (exact) mass is 381 g/mol. The molecular formula is C16H10BrCl2NO. The van der Waals surface area contributed by atoms with Gasteiger partial charge in [-0.1, -0.05) is 41.4 Å². The summed E-state index contributed by atoms with van der Waals surface area (Å²) in [6.45, 7) is 1.87. The van der Waals surface area contributed by atoms with Crippen LogP contribution in [0.3, 0.4) is 0 Å². The van der Waals surface area contributed by atoms with E-state index in [1.807, 2.05) is 25.1 Å². The fraction of sp³-hybridized carbons (Fsp3) is 0.0625. The summed E-state index contributed by atoms with van der Waals surface area (Å²) < 4.78 is 0.916. The van der Waals surface area contributed by atoms with Crippen LogP contribution in [0.25, 0.3) is 10.9 Å². The van der Waals surface area contributed by atoms with E-state index in [0.29, 0.717) is 16.1 Å². The van der Waals surface area contributed by atoms with E-state index in [-0.39, 0.29) is 10.8 Å². The van der Waals surface area contributed by atoms with Gasteiger partial charge in [-0.25, -0.2) is 0 Å². The number of H-pyrrole nitrogens is 1. The lowest BCUT2D eigenvalue weighted by Gasteiger charge is -2.05. The first-order chi connectivity index (χ1) is 10.0. The number of benzene rings is 2. The van der Waals surface area contributed by atoms with Crippen molar-refractivity contribution in [3.8, 4) is 0 Å². The molecule has 0 fully saturated rings. The van der Waals surface area contributed by atoms with Crippen LogP contribution in [0.5, 0.6) is 0 Å². The molecule has 1 heterocycles. The van der Waals surface area contributed by atoms with Gasteiger partial charge in [0.05, 0.1) is 21.1 Å². The van der Waals surface area contributed by atoms with Crippen LogP contribution in [0.2, 0.25) is 10.0 Å². The summed E-state index contributed by atoms with van der Waals surface area (Å²) in [6, 6.07) is 10.8. The van der Waals surface area contributed by atoms with Crippen molar-refractivity contribution in [1.82, 2.24) is 4.98 Å². The lowest BCUT2D eigenvalue weighted by Crippen LogP contribution is -2.03. The minimum Gasteiger partial charge on any atom is -0.357 e. The van der Waals surface area contributed by atoms with Crippen LogP contribution in [-0.4, -0.2) is 10.8 Å². The first-order valence-electron chi connectivity index (χ1n) is 6.26. The van der Waals surface area contributed by atoms with Gasteiger partial charge in [-0.15, -0.1) is 0 Å². The van der Waals surface area contributed by atoms with Crippen molar-refractivity contribution in [2.45, 2.75) is 6.92 Å². The zero-order chi connectivity index (χ0) is 15.1. The van der Waals surface area contributed by atoms with Crippen LogP contribution < -0.4 is 0 Å². The molecule has 0 bridgehead atoms. The highest BCUT2D eigenvalue weighted by atomic mass is 79.9. The molecule has 2 aromatic carbocycles. The van der Waals surface area contributed by atoms with Gasteiger partial charge in [0, 0.05) is 21.1 Å². The summed E-state index contributed by atoms with van der Waals surface area (Å²) in [7, 11) is 0. The third-order valence-electron chi connectivity index (χ3n) is 3.39. The molecule has 0 aliphatic heterocycles. The molecule has 0 saturated heterocycles. The third kappa shape index (κ3) is 2.39. The molecule has 2 nitrogen and oxygen atoms in total. The maximum absolute atomic E-state index is 12.8. The Balaban J connectivity index is 2.25. The van der Waals surface area contributed by atoms with E-state index in [1.165, 1.54) is 0 Å². The second-order valence-corrected chi connectivity index (χ2v) is 6.36. The Morgan fingerprint density at radius 2 is 1.86 bits per heavy atom. The fourth-order valence-corrected chi connectivity index (χ4v) is 3.27. The van der Waals surface area contributed by atoms with Gasteiger partial charge >= 0.3 is 0 Å². The Morgan fingerprint density at radius 1 is 1.14 bits per heavy atom. The number of para-hydroxylation sites is 1. The van der Waals surface area contributed by atoms with Gasteiger partial charge in [-0.2, -0.15) is 0 Å². The molecule has 1 N–H and O–H groups in total. The number of halogens is 3. The van der Waals surface area contributed by atoms with E-state index in [2.05, 4.69) is 20.9 Å². The number of hydrogen-bond donors (Lipinski definition) is 1. The summed E-state index contributed by atoms with van der Waals surface area (Å²) in [4.78, 5) is 16.1. The number of carbonyl (C=O) groups excluding carboxylic acids is 1. The predicted octanol–water partition coefficient (Wildman–Crippen LogP) is 5.78. The lowest BCUT2D eigenvalue weighted by molar-refractivity contribution is 0.104. The van der Waals surface area contributed by atoms with Crippen molar-refractivity contribution in [2.75, 3.05) is 0 Å². The standard InChI is InChI=1S/C16H10BrCl2NO/c1-8-13(9-4-2-6-11(17)15(9)20-8)16(21)10-5-3-7-12(18)14(10)19/h2-7,20H,1H3. The van der Waals surface area contributed by atoms with Crippen LogP contribution in [0.1, 0.15) is 21.6 Å². The summed E-state index contributed by atoms with van der Waals surface area (Å²) in [5, 5.41) is 1.53. The molecule has 0 radical (unpaired) electrons. The highest BCUT2D eigenvalue weighted by Gasteiger charge is 2.21. The number of nitrogens with one attached hydrogen (secondary N) is 1. The number of carbonyl (C=O) groups is 1. The molecule has 106 valence electrons. The van der Waals surface area contributed by atoms with Crippen molar-refractivity contribution >= 4 is 55.8 Å². The summed E-state index contributed by atoms with van der Waals surface area (Å²) in [5.74, 6) is -0.135. The normalized spacial score (nSPS) is 11.0. The largest absolute Gasteiger partial charge is 0.357 e. The van der Waals surface area contributed by atoms with E-state index in [1.54, 1.807) is 18.2 Å². The Hall–Kier alpha value is -1.29. The average molecular weight is 383 g/mol. The molecule has 21 heavy (non-hydrogen) atoms. The maximum Gasteiger partial charge on any atom is 0.197 e. The zero-order valence-electron chi connectivity index (χ0n) is 11.0. The highest BCUT2D eigenvalue weighted by molar-refractivity contribution is 9.10. The van der Waals surface area contributed by atoms with Gasteiger partial charge in [0.15, 0.2) is 5.78 Å². The SMILES string of the molecule is Cc1[nH]c2c(Br)cccc2c1C(=O)c1cccc(Cl)c1Cl.